The van der Waals surface area contributed by atoms with Gasteiger partial charge >= 0.3 is 0 Å². The molecule has 0 aromatic heterocycles. The quantitative estimate of drug-likeness (QED) is 0.684. The number of nitrogens with one attached hydrogen (secondary N) is 1. The van der Waals surface area contributed by atoms with Crippen LogP contribution in [0.3, 0.4) is 0 Å². The van der Waals surface area contributed by atoms with Crippen LogP contribution in [-0.4, -0.2) is 69.7 Å². The van der Waals surface area contributed by atoms with E-state index in [1.165, 1.54) is 22.2 Å². The van der Waals surface area contributed by atoms with Crippen molar-refractivity contribution in [2.45, 2.75) is 43.5 Å². The zero-order valence-corrected chi connectivity index (χ0v) is 18.8. The molecule has 0 radical (unpaired) electrons. The molecule has 5 nitrogen and oxygen atoms in total. The molecule has 0 spiro atoms. The van der Waals surface area contributed by atoms with Gasteiger partial charge in [0.15, 0.2) is 9.84 Å². The average molecular weight is 414 g/mol. The lowest BCUT2D eigenvalue weighted by molar-refractivity contribution is -0.857. The monoisotopic (exact) mass is 413 g/mol. The molecule has 1 saturated heterocycles. The summed E-state index contributed by atoms with van der Waals surface area (Å²) < 4.78 is 23.7. The fourth-order valence-corrected chi connectivity index (χ4v) is 5.67. The van der Waals surface area contributed by atoms with E-state index in [2.05, 4.69) is 45.0 Å². The molecule has 1 amide bonds. The van der Waals surface area contributed by atoms with Crippen LogP contribution in [0.1, 0.15) is 32.8 Å². The van der Waals surface area contributed by atoms with Gasteiger partial charge in [-0.05, 0) is 29.5 Å². The number of rotatable bonds is 7. The molecule has 152 valence electrons. The van der Waals surface area contributed by atoms with E-state index in [1.54, 1.807) is 4.90 Å². The van der Waals surface area contributed by atoms with Gasteiger partial charge in [0, 0.05) is 10.9 Å². The molecule has 0 bridgehead atoms. The Morgan fingerprint density at radius 3 is 2.33 bits per heavy atom. The highest BCUT2D eigenvalue weighted by Gasteiger charge is 2.34. The van der Waals surface area contributed by atoms with Crippen molar-refractivity contribution in [2.24, 2.45) is 0 Å². The van der Waals surface area contributed by atoms with Gasteiger partial charge in [0.1, 0.15) is 0 Å². The van der Waals surface area contributed by atoms with Crippen molar-refractivity contribution in [1.82, 2.24) is 4.90 Å². The summed E-state index contributed by atoms with van der Waals surface area (Å²) in [4.78, 5) is 17.0. The number of amides is 1. The van der Waals surface area contributed by atoms with E-state index in [0.717, 1.165) is 11.4 Å². The molecule has 0 aliphatic carbocycles. The predicted molar refractivity (Wildman–Crippen MR) is 112 cm³/mol. The van der Waals surface area contributed by atoms with Gasteiger partial charge in [-0.1, -0.05) is 32.9 Å². The number of likely N-dealkylation sites (N-methyl/N-ethyl adjacent to an activating group) is 1. The van der Waals surface area contributed by atoms with Crippen molar-refractivity contribution in [3.8, 4) is 0 Å². The van der Waals surface area contributed by atoms with E-state index in [0.29, 0.717) is 18.7 Å². The van der Waals surface area contributed by atoms with Crippen molar-refractivity contribution in [3.63, 3.8) is 0 Å². The molecule has 27 heavy (non-hydrogen) atoms. The number of sulfone groups is 1. The first-order valence-electron chi connectivity index (χ1n) is 9.50. The maximum absolute atomic E-state index is 12.9. The predicted octanol–water partition coefficient (Wildman–Crippen LogP) is 1.24. The first-order chi connectivity index (χ1) is 12.5. The Kier molecular flexibility index (Phi) is 7.39. The lowest BCUT2D eigenvalue weighted by Gasteiger charge is -2.28. The highest BCUT2D eigenvalue weighted by atomic mass is 32.2. The van der Waals surface area contributed by atoms with Crippen LogP contribution in [0.2, 0.25) is 0 Å². The number of carbonyl (C=O) groups excluding carboxylic acids is 1. The fraction of sp³-hybridized carbons (Fsp3) is 0.650. The summed E-state index contributed by atoms with van der Waals surface area (Å²) in [6.07, 6.45) is 0.557. The summed E-state index contributed by atoms with van der Waals surface area (Å²) in [5.41, 5.74) is 1.38. The minimum atomic E-state index is -3.01. The SMILES string of the molecule is C[NH+](C)CCN(C(=O)CSc1ccc(C(C)(C)C)cc1)[C@H]1CCS(=O)(=O)C1. The molecular formula is C20H33N2O3S2+. The van der Waals surface area contributed by atoms with Gasteiger partial charge in [-0.15, -0.1) is 11.8 Å². The Labute approximate surface area is 168 Å². The molecule has 7 heteroatoms. The third kappa shape index (κ3) is 6.80. The van der Waals surface area contributed by atoms with Crippen molar-refractivity contribution in [1.29, 1.82) is 0 Å². The molecule has 1 aliphatic rings. The van der Waals surface area contributed by atoms with Crippen molar-refractivity contribution >= 4 is 27.5 Å². The Morgan fingerprint density at radius 1 is 1.22 bits per heavy atom. The van der Waals surface area contributed by atoms with Crippen molar-refractivity contribution in [3.05, 3.63) is 29.8 Å². The topological polar surface area (TPSA) is 58.9 Å². The van der Waals surface area contributed by atoms with Crippen LogP contribution in [0, 0.1) is 0 Å². The number of benzene rings is 1. The van der Waals surface area contributed by atoms with Crippen LogP contribution in [0.4, 0.5) is 0 Å². The molecule has 1 N–H and O–H groups in total. The standard InChI is InChI=1S/C20H32N2O3S2/c1-20(2,3)16-6-8-18(9-7-16)26-14-19(23)22(12-11-21(4)5)17-10-13-27(24,25)15-17/h6-9,17H,10-15H2,1-5H3/p+1/t17-/m0/s1. The van der Waals surface area contributed by atoms with Crippen LogP contribution in [-0.2, 0) is 20.0 Å². The Bertz CT molecular complexity index is 737. The zero-order chi connectivity index (χ0) is 20.2. The Balaban J connectivity index is 2.00. The van der Waals surface area contributed by atoms with Gasteiger partial charge in [-0.25, -0.2) is 8.42 Å². The molecule has 1 aromatic rings. The van der Waals surface area contributed by atoms with E-state index >= 15 is 0 Å². The molecule has 1 heterocycles. The van der Waals surface area contributed by atoms with E-state index in [1.807, 2.05) is 14.1 Å². The molecule has 1 atom stereocenters. The van der Waals surface area contributed by atoms with Gasteiger partial charge in [-0.3, -0.25) is 4.79 Å². The smallest absolute Gasteiger partial charge is 0.233 e. The average Bonchev–Trinajstić information content (AvgIpc) is 2.92. The highest BCUT2D eigenvalue weighted by molar-refractivity contribution is 8.00. The van der Waals surface area contributed by atoms with Gasteiger partial charge in [0.2, 0.25) is 5.91 Å². The largest absolute Gasteiger partial charge is 0.338 e. The summed E-state index contributed by atoms with van der Waals surface area (Å²) in [6.45, 7) is 7.95. The Hall–Kier alpha value is -1.05. The summed E-state index contributed by atoms with van der Waals surface area (Å²) in [5.74, 6) is 0.668. The fourth-order valence-electron chi connectivity index (χ4n) is 3.16. The number of thioether (sulfide) groups is 1. The number of hydrogen-bond donors (Lipinski definition) is 1. The van der Waals surface area contributed by atoms with Gasteiger partial charge in [0.25, 0.3) is 0 Å². The third-order valence-electron chi connectivity index (χ3n) is 4.90. The minimum absolute atomic E-state index is 0.0308. The Morgan fingerprint density at radius 2 is 1.85 bits per heavy atom. The lowest BCUT2D eigenvalue weighted by atomic mass is 9.87. The molecule has 0 unspecified atom stereocenters. The van der Waals surface area contributed by atoms with Crippen LogP contribution >= 0.6 is 11.8 Å². The second-order valence-electron chi connectivity index (χ2n) is 8.66. The normalized spacial score (nSPS) is 19.4. The summed E-state index contributed by atoms with van der Waals surface area (Å²) >= 11 is 1.52. The first kappa shape index (κ1) is 22.2. The van der Waals surface area contributed by atoms with E-state index in [-0.39, 0.29) is 28.9 Å². The summed E-state index contributed by atoms with van der Waals surface area (Å²) in [7, 11) is 1.08. The van der Waals surface area contributed by atoms with E-state index in [4.69, 9.17) is 0 Å². The van der Waals surface area contributed by atoms with Crippen LogP contribution < -0.4 is 4.90 Å². The van der Waals surface area contributed by atoms with E-state index < -0.39 is 9.84 Å². The maximum atomic E-state index is 12.9. The second-order valence-corrected chi connectivity index (χ2v) is 11.9. The van der Waals surface area contributed by atoms with Gasteiger partial charge < -0.3 is 9.80 Å². The van der Waals surface area contributed by atoms with Crippen LogP contribution in [0.15, 0.2) is 29.2 Å². The van der Waals surface area contributed by atoms with Crippen LogP contribution in [0.5, 0.6) is 0 Å². The molecule has 1 fully saturated rings. The van der Waals surface area contributed by atoms with Crippen LogP contribution in [0.25, 0.3) is 0 Å². The lowest BCUT2D eigenvalue weighted by Crippen LogP contribution is -3.06. The van der Waals surface area contributed by atoms with Gasteiger partial charge in [-0.2, -0.15) is 0 Å². The maximum Gasteiger partial charge on any atom is 0.233 e. The van der Waals surface area contributed by atoms with Crippen molar-refractivity contribution < 1.29 is 18.1 Å². The van der Waals surface area contributed by atoms with E-state index in [9.17, 15) is 13.2 Å². The minimum Gasteiger partial charge on any atom is -0.338 e. The molecule has 1 aromatic carbocycles. The number of nitrogens with zero attached hydrogens (tertiary/aromatic N) is 1. The summed E-state index contributed by atoms with van der Waals surface area (Å²) in [5, 5.41) is 0. The number of carbonyl (C=O) groups is 1. The number of quaternary nitrogens is 1. The first-order valence-corrected chi connectivity index (χ1v) is 12.3. The third-order valence-corrected chi connectivity index (χ3v) is 7.65. The van der Waals surface area contributed by atoms with Crippen molar-refractivity contribution in [2.75, 3.05) is 44.4 Å². The highest BCUT2D eigenvalue weighted by Crippen LogP contribution is 2.26. The summed E-state index contributed by atoms with van der Waals surface area (Å²) in [6, 6.07) is 8.18. The molecule has 0 saturated carbocycles. The molecular weight excluding hydrogens is 380 g/mol. The molecule has 2 rings (SSSR count). The second kappa shape index (κ2) is 8.97. The molecule has 1 aliphatic heterocycles. The zero-order valence-electron chi connectivity index (χ0n) is 17.1. The number of hydrogen-bond acceptors (Lipinski definition) is 4. The van der Waals surface area contributed by atoms with Gasteiger partial charge in [0.05, 0.1) is 44.4 Å².